The van der Waals surface area contributed by atoms with E-state index in [1.165, 1.54) is 22.3 Å². The molecule has 0 heterocycles. The second-order valence-corrected chi connectivity index (χ2v) is 7.59. The van der Waals surface area contributed by atoms with Gasteiger partial charge in [0.1, 0.15) is 6.61 Å². The van der Waals surface area contributed by atoms with Gasteiger partial charge in [0.2, 0.25) is 0 Å². The van der Waals surface area contributed by atoms with Crippen LogP contribution in [0.1, 0.15) is 29.0 Å². The largest absolute Gasteiger partial charge is 0.449 e. The fraction of sp³-hybridized carbons (Fsp3) is 0.160. The number of rotatable bonds is 6. The lowest BCUT2D eigenvalue weighted by atomic mass is 9.98. The number of hydrogen-bond acceptors (Lipinski definition) is 3. The summed E-state index contributed by atoms with van der Waals surface area (Å²) in [5, 5.41) is 3.40. The van der Waals surface area contributed by atoms with E-state index >= 15 is 0 Å². The van der Waals surface area contributed by atoms with Crippen LogP contribution in [0, 0.1) is 0 Å². The molecule has 0 atom stereocenters. The van der Waals surface area contributed by atoms with Crippen molar-refractivity contribution in [2.75, 3.05) is 18.9 Å². The average Bonchev–Trinajstić information content (AvgIpc) is 3.08. The lowest BCUT2D eigenvalue weighted by Gasteiger charge is -2.14. The van der Waals surface area contributed by atoms with Crippen LogP contribution in [-0.4, -0.2) is 19.2 Å². The molecule has 0 aromatic heterocycles. The number of carbonyl (C=O) groups excluding carboxylic acids is 1. The maximum absolute atomic E-state index is 12.2. The fourth-order valence-corrected chi connectivity index (χ4v) is 4.08. The van der Waals surface area contributed by atoms with Gasteiger partial charge in [-0.25, -0.2) is 4.79 Å². The molecular formula is C25H23ClN2O2. The van der Waals surface area contributed by atoms with Crippen LogP contribution in [0.5, 0.6) is 0 Å². The molecule has 0 fully saturated rings. The number of nitrogens with one attached hydrogen (secondary N) is 1. The van der Waals surface area contributed by atoms with Gasteiger partial charge >= 0.3 is 6.09 Å². The van der Waals surface area contributed by atoms with Crippen molar-refractivity contribution in [3.63, 3.8) is 0 Å². The molecule has 4 rings (SSSR count). The van der Waals surface area contributed by atoms with E-state index in [1.807, 2.05) is 42.5 Å². The highest BCUT2D eigenvalue weighted by Gasteiger charge is 2.28. The number of amides is 1. The molecule has 0 spiro atoms. The van der Waals surface area contributed by atoms with Crippen LogP contribution in [-0.2, 0) is 4.74 Å². The maximum Gasteiger partial charge on any atom is 0.407 e. The molecule has 1 aliphatic carbocycles. The number of anilines is 1. The Morgan fingerprint density at radius 3 is 2.33 bits per heavy atom. The van der Waals surface area contributed by atoms with Gasteiger partial charge in [-0.3, -0.25) is 0 Å². The van der Waals surface area contributed by atoms with Gasteiger partial charge in [0.25, 0.3) is 0 Å². The Hall–Kier alpha value is -3.24. The summed E-state index contributed by atoms with van der Waals surface area (Å²) in [4.78, 5) is 12.2. The van der Waals surface area contributed by atoms with E-state index < -0.39 is 6.09 Å². The molecule has 0 aliphatic heterocycles. The minimum absolute atomic E-state index is 0.0613. The smallest absolute Gasteiger partial charge is 0.407 e. The van der Waals surface area contributed by atoms with E-state index in [2.05, 4.69) is 29.6 Å². The Balaban J connectivity index is 1.29. The van der Waals surface area contributed by atoms with Gasteiger partial charge in [-0.15, -0.1) is 0 Å². The number of nitrogen functional groups attached to an aromatic ring is 1. The third-order valence-electron chi connectivity index (χ3n) is 5.30. The van der Waals surface area contributed by atoms with Crippen LogP contribution in [0.3, 0.4) is 0 Å². The zero-order valence-electron chi connectivity index (χ0n) is 16.5. The number of nitrogens with two attached hydrogens (primary N) is 1. The lowest BCUT2D eigenvalue weighted by molar-refractivity contribution is 0.143. The normalized spacial score (nSPS) is 12.6. The van der Waals surface area contributed by atoms with Crippen molar-refractivity contribution in [2.45, 2.75) is 12.3 Å². The molecule has 5 heteroatoms. The van der Waals surface area contributed by atoms with E-state index in [1.54, 1.807) is 12.1 Å². The third-order valence-corrected chi connectivity index (χ3v) is 5.62. The molecule has 0 saturated heterocycles. The van der Waals surface area contributed by atoms with Crippen molar-refractivity contribution in [1.82, 2.24) is 5.32 Å². The highest BCUT2D eigenvalue weighted by atomic mass is 35.5. The predicted octanol–water partition coefficient (Wildman–Crippen LogP) is 5.86. The Morgan fingerprint density at radius 2 is 1.67 bits per heavy atom. The van der Waals surface area contributed by atoms with Gasteiger partial charge in [0.15, 0.2) is 0 Å². The molecule has 1 aliphatic rings. The summed E-state index contributed by atoms with van der Waals surface area (Å²) in [5.41, 5.74) is 12.2. The average molecular weight is 419 g/mol. The summed E-state index contributed by atoms with van der Waals surface area (Å²) in [6, 6.07) is 22.0. The summed E-state index contributed by atoms with van der Waals surface area (Å²) < 4.78 is 5.53. The van der Waals surface area contributed by atoms with E-state index in [0.717, 1.165) is 5.56 Å². The Morgan fingerprint density at radius 1 is 1.00 bits per heavy atom. The van der Waals surface area contributed by atoms with Crippen molar-refractivity contribution in [1.29, 1.82) is 0 Å². The molecule has 0 bridgehead atoms. The molecule has 0 unspecified atom stereocenters. The minimum Gasteiger partial charge on any atom is -0.449 e. The lowest BCUT2D eigenvalue weighted by Crippen LogP contribution is -2.26. The van der Waals surface area contributed by atoms with Gasteiger partial charge in [0, 0.05) is 28.7 Å². The molecule has 1 amide bonds. The van der Waals surface area contributed by atoms with Gasteiger partial charge in [-0.2, -0.15) is 0 Å². The van der Waals surface area contributed by atoms with Crippen LogP contribution in [0.25, 0.3) is 17.2 Å². The molecule has 30 heavy (non-hydrogen) atoms. The van der Waals surface area contributed by atoms with Crippen molar-refractivity contribution >= 4 is 29.5 Å². The van der Waals surface area contributed by atoms with Crippen molar-refractivity contribution < 1.29 is 9.53 Å². The molecular weight excluding hydrogens is 396 g/mol. The van der Waals surface area contributed by atoms with E-state index in [-0.39, 0.29) is 5.92 Å². The summed E-state index contributed by atoms with van der Waals surface area (Å²) in [7, 11) is 0. The summed E-state index contributed by atoms with van der Waals surface area (Å²) in [6.45, 7) is 0.781. The van der Waals surface area contributed by atoms with E-state index in [9.17, 15) is 4.79 Å². The fourth-order valence-electron chi connectivity index (χ4n) is 3.84. The standard InChI is InChI=1S/C25H23ClN2O2/c26-23-13-7-14-24(27)21(23)12-5-6-15-28-25(29)30-16-22-19-10-3-1-8-17(19)18-9-2-4-11-20(18)22/h1-5,7-14,22H,6,15-16,27H2,(H,28,29). The highest BCUT2D eigenvalue weighted by molar-refractivity contribution is 6.32. The monoisotopic (exact) mass is 418 g/mol. The first-order chi connectivity index (χ1) is 14.6. The number of hydrogen-bond donors (Lipinski definition) is 2. The van der Waals surface area contributed by atoms with Gasteiger partial charge in [0.05, 0.1) is 0 Å². The zero-order chi connectivity index (χ0) is 20.9. The second-order valence-electron chi connectivity index (χ2n) is 7.19. The summed E-state index contributed by atoms with van der Waals surface area (Å²) >= 11 is 6.15. The van der Waals surface area contributed by atoms with Crippen LogP contribution in [0.15, 0.2) is 72.8 Å². The summed E-state index contributed by atoms with van der Waals surface area (Å²) in [6.07, 6.45) is 4.04. The molecule has 0 saturated carbocycles. The van der Waals surface area contributed by atoms with E-state index in [4.69, 9.17) is 22.1 Å². The highest BCUT2D eigenvalue weighted by Crippen LogP contribution is 2.44. The molecule has 152 valence electrons. The van der Waals surface area contributed by atoms with Crippen molar-refractivity contribution in [2.24, 2.45) is 0 Å². The first-order valence-electron chi connectivity index (χ1n) is 9.94. The molecule has 3 aromatic carbocycles. The zero-order valence-corrected chi connectivity index (χ0v) is 17.2. The minimum atomic E-state index is -0.414. The number of halogens is 1. The van der Waals surface area contributed by atoms with Crippen LogP contribution in [0.4, 0.5) is 10.5 Å². The van der Waals surface area contributed by atoms with Gasteiger partial charge < -0.3 is 15.8 Å². The van der Waals surface area contributed by atoms with Gasteiger partial charge in [-0.1, -0.05) is 78.4 Å². The van der Waals surface area contributed by atoms with Crippen molar-refractivity contribution in [3.05, 3.63) is 94.5 Å². The molecule has 4 nitrogen and oxygen atoms in total. The number of fused-ring (bicyclic) bond motifs is 3. The van der Waals surface area contributed by atoms with Crippen LogP contribution in [0.2, 0.25) is 5.02 Å². The quantitative estimate of drug-likeness (QED) is 0.389. The number of ether oxygens (including phenoxy) is 1. The summed E-state index contributed by atoms with van der Waals surface area (Å²) in [5.74, 6) is 0.0613. The first kappa shape index (κ1) is 20.0. The Labute approximate surface area is 181 Å². The molecule has 0 radical (unpaired) electrons. The number of alkyl carbamates (subject to hydrolysis) is 1. The van der Waals surface area contributed by atoms with Crippen molar-refractivity contribution in [3.8, 4) is 11.1 Å². The molecule has 3 aromatic rings. The molecule has 3 N–H and O–H groups in total. The topological polar surface area (TPSA) is 64.3 Å². The predicted molar refractivity (Wildman–Crippen MR) is 123 cm³/mol. The van der Waals surface area contributed by atoms with Gasteiger partial charge in [-0.05, 0) is 40.8 Å². The second kappa shape index (κ2) is 9.06. The maximum atomic E-state index is 12.2. The third kappa shape index (κ3) is 4.19. The van der Waals surface area contributed by atoms with Crippen LogP contribution >= 0.6 is 11.6 Å². The van der Waals surface area contributed by atoms with Crippen LogP contribution < -0.4 is 11.1 Å². The SMILES string of the molecule is Nc1cccc(Cl)c1C=CCCNC(=O)OCC1c2ccccc2-c2ccccc21. The Bertz CT molecular complexity index is 1030. The Kier molecular flexibility index (Phi) is 6.05. The number of benzene rings is 3. The van der Waals surface area contributed by atoms with E-state index in [0.29, 0.717) is 30.3 Å². The first-order valence-corrected chi connectivity index (χ1v) is 10.3. The number of carbonyl (C=O) groups is 1.